The van der Waals surface area contributed by atoms with Crippen molar-refractivity contribution in [3.63, 3.8) is 0 Å². The van der Waals surface area contributed by atoms with Gasteiger partial charge in [-0.15, -0.1) is 5.10 Å². The Hall–Kier alpha value is -1.14. The zero-order valence-corrected chi connectivity index (χ0v) is 10.8. The van der Waals surface area contributed by atoms with Crippen molar-refractivity contribution in [3.05, 3.63) is 5.89 Å². The SMILES string of the molecule is CCOCCNc1nnc(CNCC(C)C)o1. The van der Waals surface area contributed by atoms with Crippen LogP contribution in [-0.2, 0) is 11.3 Å². The second-order valence-corrected chi connectivity index (χ2v) is 4.15. The second-order valence-electron chi connectivity index (χ2n) is 4.15. The number of nitrogens with one attached hydrogen (secondary N) is 2. The standard InChI is InChI=1S/C11H22N4O2/c1-4-16-6-5-13-11-15-14-10(17-11)8-12-7-9(2)3/h9,12H,4-8H2,1-3H3,(H,13,15). The minimum Gasteiger partial charge on any atom is -0.407 e. The summed E-state index contributed by atoms with van der Waals surface area (Å²) in [5.74, 6) is 1.21. The molecule has 0 fully saturated rings. The summed E-state index contributed by atoms with van der Waals surface area (Å²) < 4.78 is 10.6. The maximum atomic E-state index is 5.39. The molecule has 0 bridgehead atoms. The van der Waals surface area contributed by atoms with Gasteiger partial charge in [-0.2, -0.15) is 0 Å². The number of nitrogens with zero attached hydrogens (tertiary/aromatic N) is 2. The Morgan fingerprint density at radius 3 is 2.88 bits per heavy atom. The molecule has 6 nitrogen and oxygen atoms in total. The van der Waals surface area contributed by atoms with Crippen LogP contribution in [0.25, 0.3) is 0 Å². The summed E-state index contributed by atoms with van der Waals surface area (Å²) in [7, 11) is 0. The van der Waals surface area contributed by atoms with E-state index in [4.69, 9.17) is 9.15 Å². The maximum absolute atomic E-state index is 5.39. The fraction of sp³-hybridized carbons (Fsp3) is 0.818. The summed E-state index contributed by atoms with van der Waals surface area (Å²) in [4.78, 5) is 0. The van der Waals surface area contributed by atoms with Gasteiger partial charge in [0.25, 0.3) is 0 Å². The van der Waals surface area contributed by atoms with E-state index >= 15 is 0 Å². The number of hydrogen-bond donors (Lipinski definition) is 2. The van der Waals surface area contributed by atoms with E-state index in [1.165, 1.54) is 0 Å². The molecule has 0 radical (unpaired) electrons. The smallest absolute Gasteiger partial charge is 0.315 e. The van der Waals surface area contributed by atoms with Crippen molar-refractivity contribution >= 4 is 6.01 Å². The van der Waals surface area contributed by atoms with Gasteiger partial charge < -0.3 is 19.8 Å². The third-order valence-corrected chi connectivity index (χ3v) is 2.02. The highest BCUT2D eigenvalue weighted by Gasteiger charge is 2.04. The maximum Gasteiger partial charge on any atom is 0.315 e. The molecule has 1 aromatic rings. The lowest BCUT2D eigenvalue weighted by Gasteiger charge is -2.03. The highest BCUT2D eigenvalue weighted by molar-refractivity contribution is 5.16. The lowest BCUT2D eigenvalue weighted by atomic mass is 10.2. The number of hydrogen-bond acceptors (Lipinski definition) is 6. The van der Waals surface area contributed by atoms with E-state index < -0.39 is 0 Å². The first kappa shape index (κ1) is 13.9. The fourth-order valence-corrected chi connectivity index (χ4v) is 1.24. The number of ether oxygens (including phenoxy) is 1. The van der Waals surface area contributed by atoms with Crippen molar-refractivity contribution in [2.75, 3.05) is 31.6 Å². The van der Waals surface area contributed by atoms with E-state index in [2.05, 4.69) is 34.7 Å². The molecule has 6 heteroatoms. The Morgan fingerprint density at radius 2 is 2.18 bits per heavy atom. The first-order valence-electron chi connectivity index (χ1n) is 6.07. The van der Waals surface area contributed by atoms with Gasteiger partial charge >= 0.3 is 6.01 Å². The average molecular weight is 242 g/mol. The molecule has 0 unspecified atom stereocenters. The van der Waals surface area contributed by atoms with Gasteiger partial charge in [0.2, 0.25) is 5.89 Å². The van der Waals surface area contributed by atoms with Gasteiger partial charge in [0.05, 0.1) is 13.2 Å². The Balaban J connectivity index is 2.18. The third kappa shape index (κ3) is 6.23. The van der Waals surface area contributed by atoms with E-state index in [0.29, 0.717) is 37.5 Å². The zero-order valence-electron chi connectivity index (χ0n) is 10.8. The number of anilines is 1. The molecule has 0 saturated heterocycles. The Bertz CT molecular complexity index is 301. The minimum atomic E-state index is 0.450. The largest absolute Gasteiger partial charge is 0.407 e. The Morgan fingerprint density at radius 1 is 1.35 bits per heavy atom. The Kier molecular flexibility index (Phi) is 6.57. The first-order valence-corrected chi connectivity index (χ1v) is 6.07. The highest BCUT2D eigenvalue weighted by Crippen LogP contribution is 2.04. The molecular weight excluding hydrogens is 220 g/mol. The van der Waals surface area contributed by atoms with Crippen LogP contribution in [0.5, 0.6) is 0 Å². The molecule has 1 heterocycles. The average Bonchev–Trinajstić information content (AvgIpc) is 2.72. The molecule has 0 aliphatic rings. The molecule has 0 aliphatic carbocycles. The van der Waals surface area contributed by atoms with Gasteiger partial charge in [-0.25, -0.2) is 0 Å². The number of rotatable bonds is 9. The van der Waals surface area contributed by atoms with Crippen LogP contribution in [0.4, 0.5) is 6.01 Å². The first-order chi connectivity index (χ1) is 8.22. The van der Waals surface area contributed by atoms with Crippen molar-refractivity contribution in [2.24, 2.45) is 5.92 Å². The van der Waals surface area contributed by atoms with Gasteiger partial charge in [-0.05, 0) is 19.4 Å². The van der Waals surface area contributed by atoms with Crippen molar-refractivity contribution < 1.29 is 9.15 Å². The lowest BCUT2D eigenvalue weighted by Crippen LogP contribution is -2.19. The molecule has 0 amide bonds. The molecule has 2 N–H and O–H groups in total. The van der Waals surface area contributed by atoms with Gasteiger partial charge in [-0.3, -0.25) is 0 Å². The summed E-state index contributed by atoms with van der Waals surface area (Å²) in [5, 5.41) is 14.1. The van der Waals surface area contributed by atoms with Crippen LogP contribution in [-0.4, -0.2) is 36.5 Å². The van der Waals surface area contributed by atoms with Gasteiger partial charge in [0.15, 0.2) is 0 Å². The molecule has 17 heavy (non-hydrogen) atoms. The van der Waals surface area contributed by atoms with E-state index in [9.17, 15) is 0 Å². The molecule has 0 aliphatic heterocycles. The van der Waals surface area contributed by atoms with Crippen molar-refractivity contribution in [1.29, 1.82) is 0 Å². The van der Waals surface area contributed by atoms with Crippen LogP contribution < -0.4 is 10.6 Å². The molecule has 0 atom stereocenters. The van der Waals surface area contributed by atoms with Crippen LogP contribution >= 0.6 is 0 Å². The fourth-order valence-electron chi connectivity index (χ4n) is 1.24. The lowest BCUT2D eigenvalue weighted by molar-refractivity contribution is 0.157. The van der Waals surface area contributed by atoms with Crippen molar-refractivity contribution in [1.82, 2.24) is 15.5 Å². The summed E-state index contributed by atoms with van der Waals surface area (Å²) >= 11 is 0. The molecule has 0 spiro atoms. The monoisotopic (exact) mass is 242 g/mol. The van der Waals surface area contributed by atoms with Crippen LogP contribution in [0.2, 0.25) is 0 Å². The molecule has 1 rings (SSSR count). The van der Waals surface area contributed by atoms with E-state index in [1.807, 2.05) is 6.92 Å². The van der Waals surface area contributed by atoms with E-state index in [0.717, 1.165) is 13.2 Å². The predicted molar refractivity (Wildman–Crippen MR) is 65.8 cm³/mol. The molecule has 0 aromatic carbocycles. The van der Waals surface area contributed by atoms with Crippen molar-refractivity contribution in [3.8, 4) is 0 Å². The third-order valence-electron chi connectivity index (χ3n) is 2.02. The number of aromatic nitrogens is 2. The van der Waals surface area contributed by atoms with Crippen LogP contribution in [0.3, 0.4) is 0 Å². The summed E-state index contributed by atoms with van der Waals surface area (Å²) in [6.45, 7) is 9.85. The molecular formula is C11H22N4O2. The molecule has 1 aromatic heterocycles. The summed E-state index contributed by atoms with van der Waals surface area (Å²) in [6, 6.07) is 0.450. The predicted octanol–water partition coefficient (Wildman–Crippen LogP) is 1.26. The van der Waals surface area contributed by atoms with Crippen LogP contribution in [0.15, 0.2) is 4.42 Å². The normalized spacial score (nSPS) is 11.1. The van der Waals surface area contributed by atoms with Gasteiger partial charge in [-0.1, -0.05) is 18.9 Å². The summed E-state index contributed by atoms with van der Waals surface area (Å²) in [6.07, 6.45) is 0. The van der Waals surface area contributed by atoms with Crippen LogP contribution in [0, 0.1) is 5.92 Å². The van der Waals surface area contributed by atoms with E-state index in [1.54, 1.807) is 0 Å². The second kappa shape index (κ2) is 8.03. The molecule has 0 saturated carbocycles. The van der Waals surface area contributed by atoms with Gasteiger partial charge in [0, 0.05) is 13.2 Å². The zero-order chi connectivity index (χ0) is 12.5. The quantitative estimate of drug-likeness (QED) is 0.635. The van der Waals surface area contributed by atoms with Crippen molar-refractivity contribution in [2.45, 2.75) is 27.3 Å². The van der Waals surface area contributed by atoms with Gasteiger partial charge in [0.1, 0.15) is 0 Å². The summed E-state index contributed by atoms with van der Waals surface area (Å²) in [5.41, 5.74) is 0. The topological polar surface area (TPSA) is 72.2 Å². The Labute approximate surface area is 102 Å². The van der Waals surface area contributed by atoms with E-state index in [-0.39, 0.29) is 0 Å². The highest BCUT2D eigenvalue weighted by atomic mass is 16.5. The molecule has 98 valence electrons. The minimum absolute atomic E-state index is 0.450. The van der Waals surface area contributed by atoms with Crippen LogP contribution in [0.1, 0.15) is 26.7 Å².